The van der Waals surface area contributed by atoms with Gasteiger partial charge in [0, 0.05) is 37.1 Å². The molecule has 1 aromatic carbocycles. The van der Waals surface area contributed by atoms with Crippen molar-refractivity contribution in [3.63, 3.8) is 0 Å². The van der Waals surface area contributed by atoms with E-state index in [1.165, 1.54) is 6.33 Å². The zero-order chi connectivity index (χ0) is 32.8. The summed E-state index contributed by atoms with van der Waals surface area (Å²) < 4.78 is 21.1. The highest BCUT2D eigenvalue weighted by molar-refractivity contribution is 5.67. The molecule has 4 aromatic rings. The maximum absolute atomic E-state index is 10.3. The summed E-state index contributed by atoms with van der Waals surface area (Å²) in [5, 5.41) is 39.2. The third kappa shape index (κ3) is 8.39. The summed E-state index contributed by atoms with van der Waals surface area (Å²) in [6, 6.07) is 8.38. The Kier molecular flexibility index (Phi) is 9.90. The zero-order valence-corrected chi connectivity index (χ0v) is 27.0. The molecule has 15 nitrogen and oxygen atoms in total. The number of morpholine rings is 1. The standard InChI is InChI=1S/C32H41N11O4/c1-22(18-42-21-36-39-40-42)47-29-14-23(4-5-24(29)15-33)25-16-34-31(35-17-25)37-28-19-43(38-30(28)46-20-32(2,3)44)27-8-6-26(7-9-27)41-10-12-45-13-11-41/h4-5,14,16-17,19,21-22,26-27,44H,6-13,18,20H2,1-3H3,(H,34,35,37)/t22-,26-,27-/m0/s1. The molecule has 2 fully saturated rings. The average molecular weight is 644 g/mol. The van der Waals surface area contributed by atoms with E-state index in [0.717, 1.165) is 63.1 Å². The molecule has 248 valence electrons. The van der Waals surface area contributed by atoms with Gasteiger partial charge in [-0.25, -0.2) is 14.6 Å². The fourth-order valence-corrected chi connectivity index (χ4v) is 5.97. The summed E-state index contributed by atoms with van der Waals surface area (Å²) in [4.78, 5) is 11.7. The molecule has 0 spiro atoms. The molecule has 1 aliphatic carbocycles. The maximum Gasteiger partial charge on any atom is 0.257 e. The summed E-state index contributed by atoms with van der Waals surface area (Å²) in [6.07, 6.45) is 10.8. The van der Waals surface area contributed by atoms with Crippen LogP contribution in [0.2, 0.25) is 0 Å². The Morgan fingerprint density at radius 1 is 1.11 bits per heavy atom. The highest BCUT2D eigenvalue weighted by atomic mass is 16.5. The number of tetrazole rings is 1. The molecular weight excluding hydrogens is 602 g/mol. The minimum absolute atomic E-state index is 0.0830. The highest BCUT2D eigenvalue weighted by Gasteiger charge is 2.29. The molecule has 0 amide bonds. The molecular formula is C32H41N11O4. The van der Waals surface area contributed by atoms with Crippen molar-refractivity contribution in [2.75, 3.05) is 38.2 Å². The fourth-order valence-electron chi connectivity index (χ4n) is 5.97. The molecule has 0 bridgehead atoms. The monoisotopic (exact) mass is 643 g/mol. The van der Waals surface area contributed by atoms with E-state index in [1.807, 2.05) is 23.9 Å². The van der Waals surface area contributed by atoms with Crippen LogP contribution in [0.4, 0.5) is 11.6 Å². The van der Waals surface area contributed by atoms with Crippen molar-refractivity contribution >= 4 is 11.6 Å². The number of hydrogen-bond donors (Lipinski definition) is 2. The number of nitrogens with zero attached hydrogens (tertiary/aromatic N) is 10. The molecule has 0 unspecified atom stereocenters. The summed E-state index contributed by atoms with van der Waals surface area (Å²) >= 11 is 0. The van der Waals surface area contributed by atoms with Gasteiger partial charge >= 0.3 is 0 Å². The number of benzene rings is 1. The Labute approximate surface area is 273 Å². The van der Waals surface area contributed by atoms with Gasteiger partial charge in [-0.3, -0.25) is 9.58 Å². The number of hydrogen-bond acceptors (Lipinski definition) is 13. The van der Waals surface area contributed by atoms with E-state index in [9.17, 15) is 10.4 Å². The van der Waals surface area contributed by atoms with Crippen LogP contribution in [0, 0.1) is 11.3 Å². The van der Waals surface area contributed by atoms with E-state index in [4.69, 9.17) is 19.3 Å². The molecule has 1 atom stereocenters. The van der Waals surface area contributed by atoms with Crippen molar-refractivity contribution in [1.29, 1.82) is 5.26 Å². The second-order valence-corrected chi connectivity index (χ2v) is 12.7. The second-order valence-electron chi connectivity index (χ2n) is 12.7. The molecule has 4 heterocycles. The van der Waals surface area contributed by atoms with Gasteiger partial charge in [-0.2, -0.15) is 5.26 Å². The van der Waals surface area contributed by atoms with E-state index in [-0.39, 0.29) is 18.8 Å². The van der Waals surface area contributed by atoms with Gasteiger partial charge in [-0.05, 0) is 74.6 Å². The number of aliphatic hydroxyl groups is 1. The topological polar surface area (TPSA) is 174 Å². The molecule has 1 saturated heterocycles. The largest absolute Gasteiger partial charge is 0.487 e. The van der Waals surface area contributed by atoms with Crippen LogP contribution in [0.15, 0.2) is 43.1 Å². The van der Waals surface area contributed by atoms with Gasteiger partial charge in [0.1, 0.15) is 36.5 Å². The van der Waals surface area contributed by atoms with Gasteiger partial charge in [0.05, 0.1) is 43.2 Å². The predicted octanol–water partition coefficient (Wildman–Crippen LogP) is 3.37. The van der Waals surface area contributed by atoms with Gasteiger partial charge in [0.25, 0.3) is 5.88 Å². The molecule has 15 heteroatoms. The Bertz CT molecular complexity index is 1630. The quantitative estimate of drug-likeness (QED) is 0.230. The summed E-state index contributed by atoms with van der Waals surface area (Å²) in [5.74, 6) is 1.21. The van der Waals surface area contributed by atoms with E-state index >= 15 is 0 Å². The number of rotatable bonds is 12. The number of nitrogens with one attached hydrogen (secondary N) is 1. The normalized spacial score (nSPS) is 19.6. The van der Waals surface area contributed by atoms with Crippen LogP contribution in [0.25, 0.3) is 11.1 Å². The number of ether oxygens (including phenoxy) is 3. The predicted molar refractivity (Wildman–Crippen MR) is 171 cm³/mol. The molecule has 2 N–H and O–H groups in total. The van der Waals surface area contributed by atoms with Crippen molar-refractivity contribution < 1.29 is 19.3 Å². The Hall–Kier alpha value is -4.65. The van der Waals surface area contributed by atoms with Crippen molar-refractivity contribution in [2.24, 2.45) is 0 Å². The first-order valence-electron chi connectivity index (χ1n) is 16.0. The molecule has 6 rings (SSSR count). The lowest BCUT2D eigenvalue weighted by atomic mass is 9.90. The van der Waals surface area contributed by atoms with Gasteiger partial charge in [-0.1, -0.05) is 6.07 Å². The van der Waals surface area contributed by atoms with E-state index in [1.54, 1.807) is 43.1 Å². The van der Waals surface area contributed by atoms with Crippen molar-refractivity contribution in [3.05, 3.63) is 48.7 Å². The molecule has 47 heavy (non-hydrogen) atoms. The lowest BCUT2D eigenvalue weighted by Crippen LogP contribution is -2.45. The van der Waals surface area contributed by atoms with Crippen molar-refractivity contribution in [2.45, 2.75) is 76.8 Å². The highest BCUT2D eigenvalue weighted by Crippen LogP contribution is 2.35. The molecule has 1 saturated carbocycles. The van der Waals surface area contributed by atoms with Crippen LogP contribution < -0.4 is 14.8 Å². The molecule has 2 aliphatic rings. The minimum Gasteiger partial charge on any atom is -0.487 e. The lowest BCUT2D eigenvalue weighted by molar-refractivity contribution is 0.00492. The third-order valence-corrected chi connectivity index (χ3v) is 8.36. The average Bonchev–Trinajstić information content (AvgIpc) is 3.74. The molecule has 1 aliphatic heterocycles. The first-order valence-corrected chi connectivity index (χ1v) is 16.0. The second kappa shape index (κ2) is 14.4. The summed E-state index contributed by atoms with van der Waals surface area (Å²) in [5.41, 5.74) is 1.58. The number of aromatic nitrogens is 8. The number of nitriles is 1. The molecule has 3 aromatic heterocycles. The van der Waals surface area contributed by atoms with Crippen LogP contribution in [0.3, 0.4) is 0 Å². The van der Waals surface area contributed by atoms with Gasteiger partial charge < -0.3 is 24.6 Å². The summed E-state index contributed by atoms with van der Waals surface area (Å²) in [7, 11) is 0. The van der Waals surface area contributed by atoms with Gasteiger partial charge in [-0.15, -0.1) is 10.2 Å². The Balaban J connectivity index is 1.15. The first-order chi connectivity index (χ1) is 22.7. The van der Waals surface area contributed by atoms with E-state index in [0.29, 0.717) is 41.4 Å². The maximum atomic E-state index is 10.3. The molecule has 0 radical (unpaired) electrons. The lowest BCUT2D eigenvalue weighted by Gasteiger charge is -2.38. The SMILES string of the molecule is C[C@@H](Cn1cnnn1)Oc1cc(-c2cnc(Nc3cn([C@H]4CC[C@H](N5CCOCC5)CC4)nc3OCC(C)(C)O)nc2)ccc1C#N. The van der Waals surface area contributed by atoms with Gasteiger partial charge in [0.15, 0.2) is 0 Å². The van der Waals surface area contributed by atoms with Gasteiger partial charge in [0.2, 0.25) is 5.95 Å². The van der Waals surface area contributed by atoms with E-state index < -0.39 is 5.60 Å². The summed E-state index contributed by atoms with van der Waals surface area (Å²) in [6.45, 7) is 9.41. The van der Waals surface area contributed by atoms with Crippen LogP contribution in [-0.4, -0.2) is 101 Å². The van der Waals surface area contributed by atoms with Crippen LogP contribution in [0.5, 0.6) is 11.6 Å². The zero-order valence-electron chi connectivity index (χ0n) is 27.0. The Morgan fingerprint density at radius 3 is 2.53 bits per heavy atom. The van der Waals surface area contributed by atoms with Crippen LogP contribution >= 0.6 is 0 Å². The number of anilines is 2. The smallest absolute Gasteiger partial charge is 0.257 e. The minimum atomic E-state index is -1.02. The fraction of sp³-hybridized carbons (Fsp3) is 0.531. The van der Waals surface area contributed by atoms with Crippen molar-refractivity contribution in [3.8, 4) is 28.8 Å². The van der Waals surface area contributed by atoms with Crippen LogP contribution in [-0.2, 0) is 11.3 Å². The third-order valence-electron chi connectivity index (χ3n) is 8.36. The Morgan fingerprint density at radius 2 is 1.85 bits per heavy atom. The van der Waals surface area contributed by atoms with Crippen LogP contribution in [0.1, 0.15) is 58.1 Å². The first kappa shape index (κ1) is 32.3. The van der Waals surface area contributed by atoms with E-state index in [2.05, 4.69) is 41.8 Å². The van der Waals surface area contributed by atoms with Crippen molar-refractivity contribution in [1.82, 2.24) is 44.9 Å².